The number of hydrogen-bond donors (Lipinski definition) is 1. The van der Waals surface area contributed by atoms with Crippen molar-refractivity contribution >= 4 is 17.2 Å². The Labute approximate surface area is 87.9 Å². The summed E-state index contributed by atoms with van der Waals surface area (Å²) in [5.41, 5.74) is 2.37. The van der Waals surface area contributed by atoms with E-state index in [1.54, 1.807) is 10.6 Å². The molecule has 0 unspecified atom stereocenters. The maximum Gasteiger partial charge on any atom is 0.166 e. The predicted molar refractivity (Wildman–Crippen MR) is 59.3 cm³/mol. The van der Waals surface area contributed by atoms with E-state index in [4.69, 9.17) is 0 Å². The molecule has 78 valence electrons. The fourth-order valence-corrected chi connectivity index (χ4v) is 1.86. The van der Waals surface area contributed by atoms with Gasteiger partial charge in [-0.2, -0.15) is 0 Å². The molecule has 2 rings (SSSR count). The Morgan fingerprint density at radius 1 is 1.47 bits per heavy atom. The van der Waals surface area contributed by atoms with Gasteiger partial charge >= 0.3 is 0 Å². The van der Waals surface area contributed by atoms with Crippen LogP contribution in [-0.4, -0.2) is 16.0 Å². The second kappa shape index (κ2) is 3.42. The molecule has 0 radical (unpaired) electrons. The molecular formula is C12H13NO2. The van der Waals surface area contributed by atoms with Crippen LogP contribution in [0.15, 0.2) is 18.2 Å². The summed E-state index contributed by atoms with van der Waals surface area (Å²) >= 11 is 0. The number of carbonyl (C=O) groups is 1. The van der Waals surface area contributed by atoms with Gasteiger partial charge in [0.25, 0.3) is 0 Å². The van der Waals surface area contributed by atoms with E-state index < -0.39 is 0 Å². The minimum Gasteiger partial charge on any atom is -0.507 e. The quantitative estimate of drug-likeness (QED) is 0.761. The highest BCUT2D eigenvalue weighted by atomic mass is 16.3. The third-order valence-corrected chi connectivity index (χ3v) is 2.82. The van der Waals surface area contributed by atoms with Gasteiger partial charge in [0.05, 0.1) is 11.2 Å². The van der Waals surface area contributed by atoms with E-state index in [1.807, 2.05) is 26.1 Å². The van der Waals surface area contributed by atoms with Gasteiger partial charge < -0.3 is 9.67 Å². The van der Waals surface area contributed by atoms with Crippen LogP contribution in [0.2, 0.25) is 0 Å². The average molecular weight is 203 g/mol. The van der Waals surface area contributed by atoms with E-state index in [-0.39, 0.29) is 0 Å². The van der Waals surface area contributed by atoms with Gasteiger partial charge in [0.15, 0.2) is 6.29 Å². The Balaban J connectivity index is 2.83. The number of aromatic nitrogens is 1. The van der Waals surface area contributed by atoms with E-state index in [1.165, 1.54) is 0 Å². The van der Waals surface area contributed by atoms with Crippen molar-refractivity contribution < 1.29 is 9.90 Å². The van der Waals surface area contributed by atoms with Crippen LogP contribution in [0.3, 0.4) is 0 Å². The van der Waals surface area contributed by atoms with Crippen LogP contribution in [0.4, 0.5) is 0 Å². The van der Waals surface area contributed by atoms with Crippen molar-refractivity contribution in [1.82, 2.24) is 4.57 Å². The second-order valence-corrected chi connectivity index (χ2v) is 3.61. The minimum absolute atomic E-state index is 0.290. The predicted octanol–water partition coefficient (Wildman–Crippen LogP) is 2.26. The van der Waals surface area contributed by atoms with Gasteiger partial charge in [0, 0.05) is 12.4 Å². The zero-order chi connectivity index (χ0) is 11.0. The maximum atomic E-state index is 10.8. The molecule has 2 aromatic rings. The average Bonchev–Trinajstić information content (AvgIpc) is 2.57. The number of fused-ring (bicyclic) bond motifs is 1. The summed E-state index contributed by atoms with van der Waals surface area (Å²) in [6, 6.07) is 5.55. The van der Waals surface area contributed by atoms with Crippen LogP contribution >= 0.6 is 0 Å². The Bertz CT molecular complexity index is 526. The number of aryl methyl sites for hydroxylation is 2. The summed E-state index contributed by atoms with van der Waals surface area (Å²) in [6.45, 7) is 1.99. The molecule has 0 bridgehead atoms. The van der Waals surface area contributed by atoms with Gasteiger partial charge in [0.2, 0.25) is 0 Å². The summed E-state index contributed by atoms with van der Waals surface area (Å²) < 4.78 is 1.78. The van der Waals surface area contributed by atoms with Gasteiger partial charge in [-0.1, -0.05) is 13.0 Å². The standard InChI is InChI=1S/C12H13NO2/c1-3-8-4-5-11-10(12(8)15)6-9(7-14)13(11)2/h4-7,15H,3H2,1-2H3. The molecule has 0 aliphatic carbocycles. The zero-order valence-electron chi connectivity index (χ0n) is 8.82. The van der Waals surface area contributed by atoms with Crippen LogP contribution in [0.5, 0.6) is 5.75 Å². The third kappa shape index (κ3) is 1.31. The number of aromatic hydroxyl groups is 1. The molecule has 3 heteroatoms. The highest BCUT2D eigenvalue weighted by Crippen LogP contribution is 2.30. The summed E-state index contributed by atoms with van der Waals surface area (Å²) in [6.07, 6.45) is 1.58. The molecule has 1 heterocycles. The van der Waals surface area contributed by atoms with Crippen molar-refractivity contribution in [3.63, 3.8) is 0 Å². The molecule has 1 N–H and O–H groups in total. The Hall–Kier alpha value is -1.77. The summed E-state index contributed by atoms with van der Waals surface area (Å²) in [7, 11) is 1.82. The first-order chi connectivity index (χ1) is 7.19. The second-order valence-electron chi connectivity index (χ2n) is 3.61. The monoisotopic (exact) mass is 203 g/mol. The molecule has 0 spiro atoms. The first-order valence-electron chi connectivity index (χ1n) is 4.94. The maximum absolute atomic E-state index is 10.8. The fourth-order valence-electron chi connectivity index (χ4n) is 1.86. The number of phenols is 1. The lowest BCUT2D eigenvalue weighted by Crippen LogP contribution is -1.93. The third-order valence-electron chi connectivity index (χ3n) is 2.82. The topological polar surface area (TPSA) is 42.2 Å². The molecule has 0 saturated heterocycles. The van der Waals surface area contributed by atoms with Gasteiger partial charge in [0.1, 0.15) is 5.75 Å². The van der Waals surface area contributed by atoms with Gasteiger partial charge in [-0.3, -0.25) is 4.79 Å². The highest BCUT2D eigenvalue weighted by molar-refractivity contribution is 5.93. The molecule has 0 aliphatic rings. The molecular weight excluding hydrogens is 190 g/mol. The van der Waals surface area contributed by atoms with Gasteiger partial charge in [-0.25, -0.2) is 0 Å². The first-order valence-corrected chi connectivity index (χ1v) is 4.94. The number of rotatable bonds is 2. The lowest BCUT2D eigenvalue weighted by Gasteiger charge is -2.03. The summed E-state index contributed by atoms with van der Waals surface area (Å²) in [5, 5.41) is 10.7. The number of hydrogen-bond acceptors (Lipinski definition) is 2. The van der Waals surface area contributed by atoms with Gasteiger partial charge in [-0.05, 0) is 24.1 Å². The molecule has 3 nitrogen and oxygen atoms in total. The van der Waals surface area contributed by atoms with Crippen molar-refractivity contribution in [2.24, 2.45) is 7.05 Å². The molecule has 0 aliphatic heterocycles. The summed E-state index contributed by atoms with van der Waals surface area (Å²) in [4.78, 5) is 10.8. The van der Waals surface area contributed by atoms with Crippen molar-refractivity contribution in [1.29, 1.82) is 0 Å². The van der Waals surface area contributed by atoms with Crippen molar-refractivity contribution in [2.45, 2.75) is 13.3 Å². The van der Waals surface area contributed by atoms with Gasteiger partial charge in [-0.15, -0.1) is 0 Å². The van der Waals surface area contributed by atoms with Crippen molar-refractivity contribution in [3.8, 4) is 5.75 Å². The Morgan fingerprint density at radius 3 is 2.80 bits per heavy atom. The Morgan fingerprint density at radius 2 is 2.20 bits per heavy atom. The summed E-state index contributed by atoms with van der Waals surface area (Å²) in [5.74, 6) is 0.290. The molecule has 15 heavy (non-hydrogen) atoms. The highest BCUT2D eigenvalue weighted by Gasteiger charge is 2.10. The normalized spacial score (nSPS) is 10.8. The molecule has 1 aromatic heterocycles. The van der Waals surface area contributed by atoms with E-state index >= 15 is 0 Å². The lowest BCUT2D eigenvalue weighted by atomic mass is 10.1. The van der Waals surface area contributed by atoms with Crippen molar-refractivity contribution in [2.75, 3.05) is 0 Å². The smallest absolute Gasteiger partial charge is 0.166 e. The number of phenolic OH excluding ortho intramolecular Hbond substituents is 1. The SMILES string of the molecule is CCc1ccc2c(cc(C=O)n2C)c1O. The first kappa shape index (κ1) is 9.77. The fraction of sp³-hybridized carbons (Fsp3) is 0.250. The molecule has 0 saturated carbocycles. The number of carbonyl (C=O) groups excluding carboxylic acids is 1. The zero-order valence-corrected chi connectivity index (χ0v) is 8.82. The molecule has 0 amide bonds. The molecule has 0 fully saturated rings. The van der Waals surface area contributed by atoms with E-state index in [9.17, 15) is 9.90 Å². The van der Waals surface area contributed by atoms with Crippen LogP contribution in [0, 0.1) is 0 Å². The Kier molecular flexibility index (Phi) is 2.23. The number of aldehydes is 1. The van der Waals surface area contributed by atoms with E-state index in [0.29, 0.717) is 11.4 Å². The van der Waals surface area contributed by atoms with Crippen LogP contribution in [-0.2, 0) is 13.5 Å². The van der Waals surface area contributed by atoms with E-state index in [2.05, 4.69) is 0 Å². The van der Waals surface area contributed by atoms with Crippen molar-refractivity contribution in [3.05, 3.63) is 29.5 Å². The van der Waals surface area contributed by atoms with Crippen LogP contribution in [0.25, 0.3) is 10.9 Å². The minimum atomic E-state index is 0.290. The largest absolute Gasteiger partial charge is 0.507 e. The lowest BCUT2D eigenvalue weighted by molar-refractivity contribution is 0.111. The van der Waals surface area contributed by atoms with E-state index in [0.717, 1.165) is 29.2 Å². The molecule has 1 aromatic carbocycles. The van der Waals surface area contributed by atoms with Crippen LogP contribution < -0.4 is 0 Å². The van der Waals surface area contributed by atoms with Crippen LogP contribution in [0.1, 0.15) is 23.0 Å². The number of benzene rings is 1. The molecule has 0 atom stereocenters. The number of nitrogens with zero attached hydrogens (tertiary/aromatic N) is 1.